The average Bonchev–Trinajstić information content (AvgIpc) is 3.16. The highest BCUT2D eigenvalue weighted by molar-refractivity contribution is 6.02. The topological polar surface area (TPSA) is 90.1 Å². The maximum Gasteiger partial charge on any atom is 0.419 e. The molecule has 2 aromatic heterocycles. The van der Waals surface area contributed by atoms with Crippen LogP contribution in [0.2, 0.25) is 0 Å². The first-order valence-electron chi connectivity index (χ1n) is 7.19. The summed E-state index contributed by atoms with van der Waals surface area (Å²) in [5.41, 5.74) is -0.107. The van der Waals surface area contributed by atoms with Crippen LogP contribution in [-0.4, -0.2) is 28.4 Å². The molecule has 26 heavy (non-hydrogen) atoms. The maximum absolute atomic E-state index is 12.9. The van der Waals surface area contributed by atoms with E-state index in [2.05, 4.69) is 25.2 Å². The molecule has 0 aliphatic rings. The molecule has 0 radical (unpaired) electrons. The van der Waals surface area contributed by atoms with Crippen LogP contribution >= 0.6 is 0 Å². The third kappa shape index (κ3) is 3.63. The molecule has 0 saturated carbocycles. The summed E-state index contributed by atoms with van der Waals surface area (Å²) >= 11 is 0. The van der Waals surface area contributed by atoms with Gasteiger partial charge in [0.15, 0.2) is 11.5 Å². The number of methoxy groups -OCH3 is 1. The Kier molecular flexibility index (Phi) is 4.57. The third-order valence-electron chi connectivity index (χ3n) is 3.38. The summed E-state index contributed by atoms with van der Waals surface area (Å²) in [6, 6.07) is 7.75. The number of alkyl halides is 3. The van der Waals surface area contributed by atoms with Crippen molar-refractivity contribution in [2.45, 2.75) is 6.18 Å². The summed E-state index contributed by atoms with van der Waals surface area (Å²) in [4.78, 5) is 11.8. The fourth-order valence-electron chi connectivity index (χ4n) is 2.15. The lowest BCUT2D eigenvalue weighted by Crippen LogP contribution is -2.13. The standard InChI is InChI=1S/C16H11F3N4O3/c1-25-13-8-9(2-3-10(13)16(17,18)19)11-4-5-14(22-21-11)20-15(24)12-6-7-26-23-12/h2-8H,1H3,(H,20,22,24). The molecule has 1 amide bonds. The van der Waals surface area contributed by atoms with Crippen molar-refractivity contribution in [2.75, 3.05) is 12.4 Å². The highest BCUT2D eigenvalue weighted by Gasteiger charge is 2.34. The van der Waals surface area contributed by atoms with E-state index in [0.717, 1.165) is 13.2 Å². The minimum absolute atomic E-state index is 0.0725. The van der Waals surface area contributed by atoms with Gasteiger partial charge in [0.05, 0.1) is 18.4 Å². The van der Waals surface area contributed by atoms with Gasteiger partial charge < -0.3 is 14.6 Å². The van der Waals surface area contributed by atoms with Gasteiger partial charge in [-0.3, -0.25) is 4.79 Å². The fourth-order valence-corrected chi connectivity index (χ4v) is 2.15. The van der Waals surface area contributed by atoms with E-state index < -0.39 is 17.6 Å². The predicted octanol–water partition coefficient (Wildman–Crippen LogP) is 3.41. The van der Waals surface area contributed by atoms with Crippen LogP contribution < -0.4 is 10.1 Å². The number of nitrogens with zero attached hydrogens (tertiary/aromatic N) is 3. The fraction of sp³-hybridized carbons (Fsp3) is 0.125. The van der Waals surface area contributed by atoms with Gasteiger partial charge in [0.1, 0.15) is 12.0 Å². The van der Waals surface area contributed by atoms with Gasteiger partial charge in [0, 0.05) is 11.6 Å². The zero-order chi connectivity index (χ0) is 18.7. The summed E-state index contributed by atoms with van der Waals surface area (Å²) in [6.07, 6.45) is -3.27. The normalized spacial score (nSPS) is 11.2. The minimum Gasteiger partial charge on any atom is -0.496 e. The van der Waals surface area contributed by atoms with Crippen LogP contribution in [-0.2, 0) is 6.18 Å². The second-order valence-corrected chi connectivity index (χ2v) is 5.06. The van der Waals surface area contributed by atoms with Gasteiger partial charge in [0.25, 0.3) is 5.91 Å². The van der Waals surface area contributed by atoms with Gasteiger partial charge in [-0.05, 0) is 24.3 Å². The second-order valence-electron chi connectivity index (χ2n) is 5.06. The van der Waals surface area contributed by atoms with Crippen LogP contribution in [0, 0.1) is 0 Å². The van der Waals surface area contributed by atoms with E-state index in [4.69, 9.17) is 4.74 Å². The van der Waals surface area contributed by atoms with Gasteiger partial charge in [-0.1, -0.05) is 11.2 Å². The monoisotopic (exact) mass is 364 g/mol. The first kappa shape index (κ1) is 17.4. The summed E-state index contributed by atoms with van der Waals surface area (Å²) in [5, 5.41) is 13.7. The highest BCUT2D eigenvalue weighted by Crippen LogP contribution is 2.38. The number of nitrogens with one attached hydrogen (secondary N) is 1. The molecule has 0 bridgehead atoms. The molecule has 0 spiro atoms. The molecule has 0 atom stereocenters. The van der Waals surface area contributed by atoms with Gasteiger partial charge in [-0.2, -0.15) is 13.2 Å². The Morgan fingerprint density at radius 1 is 1.15 bits per heavy atom. The van der Waals surface area contributed by atoms with Crippen molar-refractivity contribution < 1.29 is 27.2 Å². The number of rotatable bonds is 4. The molecular formula is C16H11F3N4O3. The van der Waals surface area contributed by atoms with Crippen LogP contribution in [0.15, 0.2) is 47.2 Å². The molecule has 3 aromatic rings. The predicted molar refractivity (Wildman–Crippen MR) is 83.5 cm³/mol. The van der Waals surface area contributed by atoms with Crippen LogP contribution in [0.25, 0.3) is 11.3 Å². The molecule has 10 heteroatoms. The molecule has 2 heterocycles. The van der Waals surface area contributed by atoms with Crippen LogP contribution in [0.1, 0.15) is 16.1 Å². The van der Waals surface area contributed by atoms with Crippen molar-refractivity contribution in [1.82, 2.24) is 15.4 Å². The van der Waals surface area contributed by atoms with Gasteiger partial charge >= 0.3 is 6.18 Å². The van der Waals surface area contributed by atoms with Gasteiger partial charge in [-0.25, -0.2) is 0 Å². The zero-order valence-electron chi connectivity index (χ0n) is 13.2. The number of hydrogen-bond donors (Lipinski definition) is 1. The Labute approximate surface area is 144 Å². The molecule has 0 unspecified atom stereocenters. The number of hydrogen-bond acceptors (Lipinski definition) is 6. The highest BCUT2D eigenvalue weighted by atomic mass is 19.4. The zero-order valence-corrected chi connectivity index (χ0v) is 13.2. The van der Waals surface area contributed by atoms with E-state index in [1.54, 1.807) is 0 Å². The van der Waals surface area contributed by atoms with Crippen LogP contribution in [0.4, 0.5) is 19.0 Å². The Hall–Kier alpha value is -3.43. The quantitative estimate of drug-likeness (QED) is 0.763. The molecule has 134 valence electrons. The molecule has 0 fully saturated rings. The maximum atomic E-state index is 12.9. The van der Waals surface area contributed by atoms with E-state index >= 15 is 0 Å². The smallest absolute Gasteiger partial charge is 0.419 e. The largest absolute Gasteiger partial charge is 0.496 e. The molecular weight excluding hydrogens is 353 g/mol. The summed E-state index contributed by atoms with van der Waals surface area (Å²) < 4.78 is 48.1. The lowest BCUT2D eigenvalue weighted by molar-refractivity contribution is -0.138. The number of benzene rings is 1. The summed E-state index contributed by atoms with van der Waals surface area (Å²) in [6.45, 7) is 0. The molecule has 0 saturated heterocycles. The Bertz CT molecular complexity index is 909. The van der Waals surface area contributed by atoms with Crippen molar-refractivity contribution in [3.8, 4) is 17.0 Å². The number of carbonyl (C=O) groups excluding carboxylic acids is 1. The lowest BCUT2D eigenvalue weighted by Gasteiger charge is -2.13. The van der Waals surface area contributed by atoms with Crippen molar-refractivity contribution in [3.63, 3.8) is 0 Å². The van der Waals surface area contributed by atoms with Gasteiger partial charge in [-0.15, -0.1) is 10.2 Å². The molecule has 1 N–H and O–H groups in total. The van der Waals surface area contributed by atoms with Gasteiger partial charge in [0.2, 0.25) is 0 Å². The number of amides is 1. The van der Waals surface area contributed by atoms with Crippen molar-refractivity contribution in [1.29, 1.82) is 0 Å². The first-order valence-corrected chi connectivity index (χ1v) is 7.19. The van der Waals surface area contributed by atoms with Crippen LogP contribution in [0.3, 0.4) is 0 Å². The first-order chi connectivity index (χ1) is 12.4. The minimum atomic E-state index is -4.52. The Morgan fingerprint density at radius 2 is 1.96 bits per heavy atom. The van der Waals surface area contributed by atoms with E-state index in [1.807, 2.05) is 0 Å². The van der Waals surface area contributed by atoms with Crippen molar-refractivity contribution in [2.24, 2.45) is 0 Å². The number of halogens is 3. The van der Waals surface area contributed by atoms with E-state index in [1.165, 1.54) is 36.6 Å². The third-order valence-corrected chi connectivity index (χ3v) is 3.38. The number of anilines is 1. The van der Waals surface area contributed by atoms with E-state index in [-0.39, 0.29) is 17.3 Å². The Morgan fingerprint density at radius 3 is 2.54 bits per heavy atom. The lowest BCUT2D eigenvalue weighted by atomic mass is 10.1. The molecule has 0 aliphatic heterocycles. The van der Waals surface area contributed by atoms with Crippen molar-refractivity contribution >= 4 is 11.7 Å². The van der Waals surface area contributed by atoms with Crippen molar-refractivity contribution in [3.05, 3.63) is 53.9 Å². The van der Waals surface area contributed by atoms with Crippen LogP contribution in [0.5, 0.6) is 5.75 Å². The SMILES string of the molecule is COc1cc(-c2ccc(NC(=O)c3ccon3)nn2)ccc1C(F)(F)F. The molecule has 7 nitrogen and oxygen atoms in total. The van der Waals surface area contributed by atoms with E-state index in [9.17, 15) is 18.0 Å². The second kappa shape index (κ2) is 6.82. The number of carbonyl (C=O) groups is 1. The average molecular weight is 364 g/mol. The summed E-state index contributed by atoms with van der Waals surface area (Å²) in [5.74, 6) is -0.696. The number of ether oxygens (including phenoxy) is 1. The van der Waals surface area contributed by atoms with E-state index in [0.29, 0.717) is 11.3 Å². The number of aromatic nitrogens is 3. The summed E-state index contributed by atoms with van der Waals surface area (Å²) in [7, 11) is 1.16. The molecule has 3 rings (SSSR count). The molecule has 0 aliphatic carbocycles. The Balaban J connectivity index is 1.81. The molecule has 1 aromatic carbocycles.